The number of carboxylic acid groups (broad SMARTS) is 1. The standard InChI is InChI=1S/C19H24N2O4/c1-10-4-7-12(16(22)20-9-11-5-6-11)8-13(10)21-17(23)14-15(18(24)25)19(14,2)3/h4,7-8,11,14-15H,5-6,9H2,1-3H3,(H,20,22)(H,21,23)(H,24,25)/t14-,15+/m0/s1. The first-order chi connectivity index (χ1) is 11.7. The van der Waals surface area contributed by atoms with Gasteiger partial charge in [-0.3, -0.25) is 14.4 Å². The van der Waals surface area contributed by atoms with Gasteiger partial charge in [-0.2, -0.15) is 0 Å². The Kier molecular flexibility index (Phi) is 4.31. The minimum atomic E-state index is -0.949. The highest BCUT2D eigenvalue weighted by Crippen LogP contribution is 2.58. The van der Waals surface area contributed by atoms with Gasteiger partial charge in [0.05, 0.1) is 11.8 Å². The lowest BCUT2D eigenvalue weighted by Crippen LogP contribution is -2.26. The molecule has 2 amide bonds. The molecule has 25 heavy (non-hydrogen) atoms. The van der Waals surface area contributed by atoms with Crippen LogP contribution in [0.1, 0.15) is 42.6 Å². The van der Waals surface area contributed by atoms with Crippen molar-refractivity contribution in [3.05, 3.63) is 29.3 Å². The third kappa shape index (κ3) is 3.52. The molecular weight excluding hydrogens is 320 g/mol. The molecule has 0 spiro atoms. The Bertz CT molecular complexity index is 737. The van der Waals surface area contributed by atoms with Gasteiger partial charge in [0, 0.05) is 17.8 Å². The van der Waals surface area contributed by atoms with Gasteiger partial charge >= 0.3 is 5.97 Å². The van der Waals surface area contributed by atoms with Crippen LogP contribution in [0.4, 0.5) is 5.69 Å². The van der Waals surface area contributed by atoms with E-state index in [-0.39, 0.29) is 11.8 Å². The molecule has 2 fully saturated rings. The summed E-state index contributed by atoms with van der Waals surface area (Å²) >= 11 is 0. The SMILES string of the molecule is Cc1ccc(C(=O)NCC2CC2)cc1NC(=O)[C@@H]1[C@H](C(=O)O)C1(C)C. The minimum Gasteiger partial charge on any atom is -0.481 e. The van der Waals surface area contributed by atoms with Gasteiger partial charge in [0.25, 0.3) is 5.91 Å². The van der Waals surface area contributed by atoms with Crippen molar-refractivity contribution in [2.75, 3.05) is 11.9 Å². The average molecular weight is 344 g/mol. The number of carboxylic acids is 1. The molecule has 2 aliphatic rings. The lowest BCUT2D eigenvalue weighted by Gasteiger charge is -2.11. The van der Waals surface area contributed by atoms with Crippen molar-refractivity contribution < 1.29 is 19.5 Å². The van der Waals surface area contributed by atoms with Crippen molar-refractivity contribution in [2.45, 2.75) is 33.6 Å². The summed E-state index contributed by atoms with van der Waals surface area (Å²) in [6.45, 7) is 6.09. The van der Waals surface area contributed by atoms with E-state index in [1.807, 2.05) is 6.92 Å². The van der Waals surface area contributed by atoms with Gasteiger partial charge in [0.1, 0.15) is 0 Å². The van der Waals surface area contributed by atoms with Crippen molar-refractivity contribution in [3.63, 3.8) is 0 Å². The Morgan fingerprint density at radius 3 is 2.44 bits per heavy atom. The van der Waals surface area contributed by atoms with Gasteiger partial charge in [0.2, 0.25) is 5.91 Å². The van der Waals surface area contributed by atoms with E-state index < -0.39 is 23.2 Å². The fraction of sp³-hybridized carbons (Fsp3) is 0.526. The molecule has 0 aromatic heterocycles. The minimum absolute atomic E-state index is 0.155. The molecule has 1 aromatic carbocycles. The van der Waals surface area contributed by atoms with Gasteiger partial charge in [-0.25, -0.2) is 0 Å². The molecule has 6 nitrogen and oxygen atoms in total. The Balaban J connectivity index is 1.69. The van der Waals surface area contributed by atoms with E-state index in [1.165, 1.54) is 0 Å². The summed E-state index contributed by atoms with van der Waals surface area (Å²) in [5.74, 6) is -2.04. The van der Waals surface area contributed by atoms with Gasteiger partial charge < -0.3 is 15.7 Å². The van der Waals surface area contributed by atoms with E-state index >= 15 is 0 Å². The summed E-state index contributed by atoms with van der Waals surface area (Å²) in [5, 5.41) is 14.9. The quantitative estimate of drug-likeness (QED) is 0.738. The van der Waals surface area contributed by atoms with E-state index in [2.05, 4.69) is 10.6 Å². The average Bonchev–Trinajstić information content (AvgIpc) is 3.43. The van der Waals surface area contributed by atoms with Gasteiger partial charge in [0.15, 0.2) is 0 Å². The molecule has 0 aliphatic heterocycles. The second-order valence-corrected chi connectivity index (χ2v) is 7.79. The number of aliphatic carboxylic acids is 1. The van der Waals surface area contributed by atoms with Crippen LogP contribution in [0.2, 0.25) is 0 Å². The molecule has 0 bridgehead atoms. The number of aryl methyl sites for hydroxylation is 1. The number of nitrogens with one attached hydrogen (secondary N) is 2. The molecule has 2 atom stereocenters. The lowest BCUT2D eigenvalue weighted by molar-refractivity contribution is -0.140. The Morgan fingerprint density at radius 2 is 1.88 bits per heavy atom. The molecule has 0 unspecified atom stereocenters. The van der Waals surface area contributed by atoms with Crippen molar-refractivity contribution in [2.24, 2.45) is 23.2 Å². The number of hydrogen-bond acceptors (Lipinski definition) is 3. The normalized spacial score (nSPS) is 23.6. The summed E-state index contributed by atoms with van der Waals surface area (Å²) < 4.78 is 0. The molecule has 0 radical (unpaired) electrons. The summed E-state index contributed by atoms with van der Waals surface area (Å²) in [6, 6.07) is 5.17. The number of carbonyl (C=O) groups is 3. The number of amides is 2. The summed E-state index contributed by atoms with van der Waals surface area (Å²) in [7, 11) is 0. The fourth-order valence-corrected chi connectivity index (χ4v) is 3.36. The van der Waals surface area contributed by atoms with Crippen LogP contribution >= 0.6 is 0 Å². The topological polar surface area (TPSA) is 95.5 Å². The zero-order chi connectivity index (χ0) is 18.4. The molecule has 2 saturated carbocycles. The van der Waals surface area contributed by atoms with E-state index in [0.29, 0.717) is 23.7 Å². The second kappa shape index (κ2) is 6.17. The number of hydrogen-bond donors (Lipinski definition) is 3. The highest BCUT2D eigenvalue weighted by Gasteiger charge is 2.65. The van der Waals surface area contributed by atoms with Crippen LogP contribution < -0.4 is 10.6 Å². The predicted octanol–water partition coefficient (Wildman–Crippen LogP) is 2.43. The smallest absolute Gasteiger partial charge is 0.307 e. The zero-order valence-electron chi connectivity index (χ0n) is 14.8. The summed E-state index contributed by atoms with van der Waals surface area (Å²) in [4.78, 5) is 36.0. The lowest BCUT2D eigenvalue weighted by atomic mass is 10.1. The number of anilines is 1. The highest BCUT2D eigenvalue weighted by molar-refractivity contribution is 6.01. The largest absolute Gasteiger partial charge is 0.481 e. The maximum atomic E-state index is 12.5. The molecule has 1 aromatic rings. The van der Waals surface area contributed by atoms with Crippen LogP contribution in [-0.2, 0) is 9.59 Å². The van der Waals surface area contributed by atoms with Crippen LogP contribution in [0.5, 0.6) is 0 Å². The molecule has 134 valence electrons. The maximum Gasteiger partial charge on any atom is 0.307 e. The van der Waals surface area contributed by atoms with Crippen molar-refractivity contribution in [1.29, 1.82) is 0 Å². The molecule has 0 saturated heterocycles. The van der Waals surface area contributed by atoms with Gasteiger partial charge in [-0.1, -0.05) is 19.9 Å². The van der Waals surface area contributed by atoms with Crippen molar-refractivity contribution in [1.82, 2.24) is 5.32 Å². The first-order valence-electron chi connectivity index (χ1n) is 8.64. The molecule has 2 aliphatic carbocycles. The van der Waals surface area contributed by atoms with E-state index in [9.17, 15) is 19.5 Å². The van der Waals surface area contributed by atoms with Crippen molar-refractivity contribution >= 4 is 23.5 Å². The van der Waals surface area contributed by atoms with E-state index in [0.717, 1.165) is 18.4 Å². The Hall–Kier alpha value is -2.37. The van der Waals surface area contributed by atoms with Gasteiger partial charge in [-0.05, 0) is 48.8 Å². The fourth-order valence-electron chi connectivity index (χ4n) is 3.36. The first-order valence-corrected chi connectivity index (χ1v) is 8.64. The third-order valence-corrected chi connectivity index (χ3v) is 5.38. The van der Waals surface area contributed by atoms with Crippen LogP contribution in [0.25, 0.3) is 0 Å². The predicted molar refractivity (Wildman–Crippen MR) is 93.3 cm³/mol. The number of carbonyl (C=O) groups excluding carboxylic acids is 2. The number of rotatable bonds is 6. The highest BCUT2D eigenvalue weighted by atomic mass is 16.4. The van der Waals surface area contributed by atoms with Crippen LogP contribution in [0, 0.1) is 30.1 Å². The second-order valence-electron chi connectivity index (χ2n) is 7.79. The van der Waals surface area contributed by atoms with Crippen LogP contribution in [-0.4, -0.2) is 29.4 Å². The van der Waals surface area contributed by atoms with E-state index in [4.69, 9.17) is 0 Å². The molecule has 3 rings (SSSR count). The molecule has 0 heterocycles. The van der Waals surface area contributed by atoms with Crippen LogP contribution in [0.3, 0.4) is 0 Å². The van der Waals surface area contributed by atoms with Crippen LogP contribution in [0.15, 0.2) is 18.2 Å². The zero-order valence-corrected chi connectivity index (χ0v) is 14.8. The number of benzene rings is 1. The Morgan fingerprint density at radius 1 is 1.20 bits per heavy atom. The molecule has 3 N–H and O–H groups in total. The van der Waals surface area contributed by atoms with Gasteiger partial charge in [-0.15, -0.1) is 0 Å². The third-order valence-electron chi connectivity index (χ3n) is 5.38. The maximum absolute atomic E-state index is 12.5. The summed E-state index contributed by atoms with van der Waals surface area (Å²) in [5.41, 5.74) is 1.32. The van der Waals surface area contributed by atoms with E-state index in [1.54, 1.807) is 32.0 Å². The monoisotopic (exact) mass is 344 g/mol. The molecule has 6 heteroatoms. The molecular formula is C19H24N2O4. The first kappa shape index (κ1) is 17.5. The Labute approximate surface area is 147 Å². The van der Waals surface area contributed by atoms with Crippen molar-refractivity contribution in [3.8, 4) is 0 Å². The summed E-state index contributed by atoms with van der Waals surface area (Å²) in [6.07, 6.45) is 2.33.